The number of hydrogen-bond acceptors (Lipinski definition) is 4. The highest BCUT2D eigenvalue weighted by molar-refractivity contribution is 6.29. The smallest absolute Gasteiger partial charge is 0.258 e. The molecule has 0 N–H and O–H groups in total. The van der Waals surface area contributed by atoms with Crippen molar-refractivity contribution in [2.75, 3.05) is 11.5 Å². The molecule has 0 saturated heterocycles. The van der Waals surface area contributed by atoms with Gasteiger partial charge < -0.3 is 4.74 Å². The molecule has 0 spiro atoms. The summed E-state index contributed by atoms with van der Waals surface area (Å²) in [5.41, 5.74) is 1.19. The van der Waals surface area contributed by atoms with Crippen molar-refractivity contribution < 1.29 is 14.3 Å². The third-order valence-electron chi connectivity index (χ3n) is 3.37. The Bertz CT molecular complexity index is 616. The van der Waals surface area contributed by atoms with E-state index in [1.54, 1.807) is 12.1 Å². The average molecular weight is 270 g/mol. The van der Waals surface area contributed by atoms with E-state index in [4.69, 9.17) is 4.74 Å². The number of aliphatic imine (C=N–C) groups is 1. The van der Waals surface area contributed by atoms with E-state index < -0.39 is 0 Å². The minimum Gasteiger partial charge on any atom is -0.475 e. The number of ether oxygens (including phenoxy) is 1. The molecule has 1 aromatic carbocycles. The van der Waals surface area contributed by atoms with Crippen LogP contribution in [0.2, 0.25) is 0 Å². The van der Waals surface area contributed by atoms with Crippen LogP contribution in [0.15, 0.2) is 41.4 Å². The Morgan fingerprint density at radius 2 is 1.95 bits per heavy atom. The Morgan fingerprint density at radius 1 is 1.25 bits per heavy atom. The third-order valence-corrected chi connectivity index (χ3v) is 3.37. The first-order chi connectivity index (χ1) is 9.70. The van der Waals surface area contributed by atoms with Gasteiger partial charge in [-0.3, -0.25) is 9.59 Å². The van der Waals surface area contributed by atoms with Crippen LogP contribution in [0.3, 0.4) is 0 Å². The topological polar surface area (TPSA) is 59.0 Å². The van der Waals surface area contributed by atoms with Crippen LogP contribution in [0, 0.1) is 0 Å². The molecule has 0 fully saturated rings. The number of para-hydroxylation sites is 1. The van der Waals surface area contributed by atoms with Gasteiger partial charge >= 0.3 is 0 Å². The van der Waals surface area contributed by atoms with Gasteiger partial charge in [0.05, 0.1) is 17.3 Å². The molecule has 5 nitrogen and oxygen atoms in total. The lowest BCUT2D eigenvalue weighted by Crippen LogP contribution is -2.31. The van der Waals surface area contributed by atoms with Crippen LogP contribution >= 0.6 is 0 Å². The minimum atomic E-state index is -0.340. The summed E-state index contributed by atoms with van der Waals surface area (Å²) in [5.74, 6) is -0.180. The second kappa shape index (κ2) is 4.92. The van der Waals surface area contributed by atoms with Gasteiger partial charge in [-0.25, -0.2) is 9.89 Å². The van der Waals surface area contributed by atoms with E-state index in [1.807, 2.05) is 19.1 Å². The Morgan fingerprint density at radius 3 is 2.60 bits per heavy atom. The fourth-order valence-corrected chi connectivity index (χ4v) is 2.26. The number of rotatable bonds is 3. The largest absolute Gasteiger partial charge is 0.475 e. The summed E-state index contributed by atoms with van der Waals surface area (Å²) in [7, 11) is 0. The van der Waals surface area contributed by atoms with Crippen molar-refractivity contribution in [2.45, 2.75) is 19.4 Å². The van der Waals surface area contributed by atoms with E-state index in [1.165, 1.54) is 12.2 Å². The van der Waals surface area contributed by atoms with Crippen molar-refractivity contribution in [3.8, 4) is 0 Å². The molecule has 1 atom stereocenters. The molecule has 20 heavy (non-hydrogen) atoms. The van der Waals surface area contributed by atoms with Gasteiger partial charge in [-0.05, 0) is 18.6 Å². The standard InChI is InChI=1S/C15H14N2O3/c1-2-10-9-20-15(16-10)11-5-3-4-6-12(11)17-13(18)7-8-14(17)19/h3-8,10H,2,9H2,1H3/t10-/m0/s1. The molecule has 2 aliphatic heterocycles. The molecule has 0 radical (unpaired) electrons. The summed E-state index contributed by atoms with van der Waals surface area (Å²) in [6.45, 7) is 2.59. The van der Waals surface area contributed by atoms with Crippen molar-refractivity contribution in [1.82, 2.24) is 0 Å². The Hall–Kier alpha value is -2.43. The van der Waals surface area contributed by atoms with E-state index >= 15 is 0 Å². The van der Waals surface area contributed by atoms with Crippen LogP contribution < -0.4 is 4.90 Å². The number of imide groups is 1. The second-order valence-electron chi connectivity index (χ2n) is 4.67. The fourth-order valence-electron chi connectivity index (χ4n) is 2.26. The zero-order chi connectivity index (χ0) is 14.1. The normalized spacial score (nSPS) is 21.4. The van der Waals surface area contributed by atoms with Gasteiger partial charge in [0.15, 0.2) is 0 Å². The first-order valence-corrected chi connectivity index (χ1v) is 6.57. The third kappa shape index (κ3) is 2.01. The lowest BCUT2D eigenvalue weighted by atomic mass is 10.1. The van der Waals surface area contributed by atoms with Crippen LogP contribution in [0.25, 0.3) is 0 Å². The lowest BCUT2D eigenvalue weighted by molar-refractivity contribution is -0.119. The van der Waals surface area contributed by atoms with E-state index in [-0.39, 0.29) is 17.9 Å². The van der Waals surface area contributed by atoms with E-state index in [9.17, 15) is 9.59 Å². The van der Waals surface area contributed by atoms with Crippen LogP contribution in [0.5, 0.6) is 0 Å². The van der Waals surface area contributed by atoms with Crippen molar-refractivity contribution in [3.63, 3.8) is 0 Å². The van der Waals surface area contributed by atoms with Gasteiger partial charge in [-0.2, -0.15) is 0 Å². The number of carbonyl (C=O) groups is 2. The van der Waals surface area contributed by atoms with E-state index in [0.717, 1.165) is 11.3 Å². The van der Waals surface area contributed by atoms with E-state index in [0.29, 0.717) is 23.8 Å². The summed E-state index contributed by atoms with van der Waals surface area (Å²) < 4.78 is 5.59. The van der Waals surface area contributed by atoms with Gasteiger partial charge in [-0.1, -0.05) is 19.1 Å². The minimum absolute atomic E-state index is 0.140. The fraction of sp³-hybridized carbons (Fsp3) is 0.267. The molecule has 0 saturated carbocycles. The number of anilines is 1. The predicted octanol–water partition coefficient (Wildman–Crippen LogP) is 1.67. The van der Waals surface area contributed by atoms with Gasteiger partial charge in [0.25, 0.3) is 11.8 Å². The molecule has 5 heteroatoms. The maximum Gasteiger partial charge on any atom is 0.258 e. The molecule has 2 amide bonds. The zero-order valence-corrected chi connectivity index (χ0v) is 11.1. The molecule has 0 bridgehead atoms. The van der Waals surface area contributed by atoms with Gasteiger partial charge in [0.2, 0.25) is 5.90 Å². The molecule has 102 valence electrons. The lowest BCUT2D eigenvalue weighted by Gasteiger charge is -2.17. The summed E-state index contributed by atoms with van der Waals surface area (Å²) in [6, 6.07) is 7.29. The highest BCUT2D eigenvalue weighted by Crippen LogP contribution is 2.26. The number of benzene rings is 1. The summed E-state index contributed by atoms with van der Waals surface area (Å²) in [4.78, 5) is 29.2. The Labute approximate surface area is 116 Å². The zero-order valence-electron chi connectivity index (χ0n) is 11.1. The SMILES string of the molecule is CC[C@H]1COC(c2ccccc2N2C(=O)C=CC2=O)=N1. The van der Waals surface area contributed by atoms with Gasteiger partial charge in [-0.15, -0.1) is 0 Å². The van der Waals surface area contributed by atoms with Crippen molar-refractivity contribution in [2.24, 2.45) is 4.99 Å². The number of carbonyl (C=O) groups excluding carboxylic acids is 2. The maximum absolute atomic E-state index is 11.8. The van der Waals surface area contributed by atoms with Crippen molar-refractivity contribution in [1.29, 1.82) is 0 Å². The molecule has 3 rings (SSSR count). The second-order valence-corrected chi connectivity index (χ2v) is 4.67. The summed E-state index contributed by atoms with van der Waals surface area (Å²) in [5, 5.41) is 0. The van der Waals surface area contributed by atoms with Gasteiger partial charge in [0, 0.05) is 12.2 Å². The molecule has 2 aliphatic rings. The Kier molecular flexibility index (Phi) is 3.10. The molecule has 0 unspecified atom stereocenters. The molecule has 0 aromatic heterocycles. The van der Waals surface area contributed by atoms with Crippen LogP contribution in [-0.2, 0) is 14.3 Å². The van der Waals surface area contributed by atoms with Crippen LogP contribution in [0.1, 0.15) is 18.9 Å². The summed E-state index contributed by atoms with van der Waals surface area (Å²) >= 11 is 0. The first-order valence-electron chi connectivity index (χ1n) is 6.57. The quantitative estimate of drug-likeness (QED) is 0.785. The maximum atomic E-state index is 11.8. The number of hydrogen-bond donors (Lipinski definition) is 0. The monoisotopic (exact) mass is 270 g/mol. The predicted molar refractivity (Wildman–Crippen MR) is 74.6 cm³/mol. The van der Waals surface area contributed by atoms with Crippen LogP contribution in [-0.4, -0.2) is 30.4 Å². The highest BCUT2D eigenvalue weighted by atomic mass is 16.5. The summed E-state index contributed by atoms with van der Waals surface area (Å²) in [6.07, 6.45) is 3.44. The van der Waals surface area contributed by atoms with E-state index in [2.05, 4.69) is 4.99 Å². The van der Waals surface area contributed by atoms with Gasteiger partial charge in [0.1, 0.15) is 6.61 Å². The molecule has 0 aliphatic carbocycles. The first kappa shape index (κ1) is 12.6. The van der Waals surface area contributed by atoms with Crippen molar-refractivity contribution in [3.05, 3.63) is 42.0 Å². The molecule has 2 heterocycles. The highest BCUT2D eigenvalue weighted by Gasteiger charge is 2.30. The number of amides is 2. The van der Waals surface area contributed by atoms with Crippen LogP contribution in [0.4, 0.5) is 5.69 Å². The number of nitrogens with zero attached hydrogens (tertiary/aromatic N) is 2. The Balaban J connectivity index is 2.02. The average Bonchev–Trinajstić information content (AvgIpc) is 3.06. The van der Waals surface area contributed by atoms with Crippen molar-refractivity contribution >= 4 is 23.4 Å². The molecular formula is C15H14N2O3. The molecular weight excluding hydrogens is 256 g/mol. The molecule has 1 aromatic rings.